The first-order valence-electron chi connectivity index (χ1n) is 11.5. The zero-order valence-electron chi connectivity index (χ0n) is 19.4. The zero-order chi connectivity index (χ0) is 24.6. The predicted molar refractivity (Wildman–Crippen MR) is 136 cm³/mol. The van der Waals surface area contributed by atoms with Gasteiger partial charge >= 0.3 is 0 Å². The Morgan fingerprint density at radius 1 is 1.00 bits per heavy atom. The number of methoxy groups -OCH3 is 1. The van der Waals surface area contributed by atoms with E-state index in [0.29, 0.717) is 29.6 Å². The summed E-state index contributed by atoms with van der Waals surface area (Å²) in [6.07, 6.45) is 0.343. The lowest BCUT2D eigenvalue weighted by molar-refractivity contribution is -0.117. The van der Waals surface area contributed by atoms with E-state index in [9.17, 15) is 9.59 Å². The summed E-state index contributed by atoms with van der Waals surface area (Å²) in [5.74, 6) is 1.27. The minimum Gasteiger partial charge on any atom is -0.497 e. The Labute approximate surface area is 211 Å². The molecule has 9 heteroatoms. The number of nitrogens with one attached hydrogen (secondary N) is 1. The molecule has 2 aliphatic rings. The summed E-state index contributed by atoms with van der Waals surface area (Å²) in [6.45, 7) is 0.508. The number of hydrogen-bond acceptors (Lipinski definition) is 7. The summed E-state index contributed by atoms with van der Waals surface area (Å²) < 4.78 is 11.2. The Morgan fingerprint density at radius 3 is 2.33 bits per heavy atom. The zero-order valence-corrected chi connectivity index (χ0v) is 20.2. The molecule has 2 aliphatic heterocycles. The number of nitrogens with zero attached hydrogens (tertiary/aromatic N) is 3. The van der Waals surface area contributed by atoms with Gasteiger partial charge in [-0.25, -0.2) is 0 Å². The first-order valence-corrected chi connectivity index (χ1v) is 12.4. The number of anilines is 2. The molecular weight excluding hydrogens is 476 g/mol. The van der Waals surface area contributed by atoms with E-state index >= 15 is 0 Å². The fourth-order valence-electron chi connectivity index (χ4n) is 4.70. The molecule has 0 aliphatic carbocycles. The van der Waals surface area contributed by atoms with Crippen molar-refractivity contribution in [3.8, 4) is 17.2 Å². The number of para-hydroxylation sites is 2. The number of hydrogen-bond donors (Lipinski definition) is 1. The highest BCUT2D eigenvalue weighted by Crippen LogP contribution is 2.44. The second kappa shape index (κ2) is 9.09. The van der Waals surface area contributed by atoms with Gasteiger partial charge in [-0.1, -0.05) is 47.7 Å². The number of rotatable bonds is 5. The summed E-state index contributed by atoms with van der Waals surface area (Å²) in [5.41, 5.74) is 2.42. The predicted octanol–water partition coefficient (Wildman–Crippen LogP) is 4.94. The van der Waals surface area contributed by atoms with Crippen molar-refractivity contribution in [2.75, 3.05) is 23.9 Å². The van der Waals surface area contributed by atoms with Crippen LogP contribution in [0.1, 0.15) is 34.4 Å². The Balaban J connectivity index is 1.20. The van der Waals surface area contributed by atoms with Crippen LogP contribution in [0.5, 0.6) is 17.2 Å². The van der Waals surface area contributed by atoms with Crippen molar-refractivity contribution in [2.24, 2.45) is 0 Å². The van der Waals surface area contributed by atoms with Gasteiger partial charge in [0.15, 0.2) is 0 Å². The molecule has 1 saturated heterocycles. The molecule has 0 spiro atoms. The quantitative estimate of drug-likeness (QED) is 0.419. The van der Waals surface area contributed by atoms with E-state index < -0.39 is 5.92 Å². The molecule has 1 fully saturated rings. The molecule has 8 nitrogen and oxygen atoms in total. The fraction of sp³-hybridized carbons (Fsp3) is 0.185. The largest absolute Gasteiger partial charge is 0.497 e. The highest BCUT2D eigenvalue weighted by Gasteiger charge is 2.35. The third-order valence-electron chi connectivity index (χ3n) is 6.47. The van der Waals surface area contributed by atoms with Crippen LogP contribution < -0.4 is 19.7 Å². The topological polar surface area (TPSA) is 93.7 Å². The van der Waals surface area contributed by atoms with Crippen molar-refractivity contribution in [2.45, 2.75) is 18.3 Å². The van der Waals surface area contributed by atoms with Crippen LogP contribution in [0.25, 0.3) is 0 Å². The summed E-state index contributed by atoms with van der Waals surface area (Å²) in [4.78, 5) is 27.9. The van der Waals surface area contributed by atoms with Crippen LogP contribution >= 0.6 is 11.3 Å². The minimum atomic E-state index is -0.530. The van der Waals surface area contributed by atoms with Crippen LogP contribution in [0.4, 0.5) is 10.8 Å². The van der Waals surface area contributed by atoms with E-state index in [0.717, 1.165) is 27.6 Å². The maximum absolute atomic E-state index is 13.5. The smallest absolute Gasteiger partial charge is 0.238 e. The Hall–Kier alpha value is -4.24. The molecule has 1 N–H and O–H groups in total. The second-order valence-corrected chi connectivity index (χ2v) is 9.66. The summed E-state index contributed by atoms with van der Waals surface area (Å²) in [5, 5.41) is 12.6. The summed E-state index contributed by atoms with van der Waals surface area (Å²) in [7, 11) is 1.61. The van der Waals surface area contributed by atoms with Crippen LogP contribution in [0.3, 0.4) is 0 Å². The van der Waals surface area contributed by atoms with E-state index in [4.69, 9.17) is 9.47 Å². The number of carbonyl (C=O) groups is 2. The monoisotopic (exact) mass is 498 g/mol. The lowest BCUT2D eigenvalue weighted by atomic mass is 9.87. The Morgan fingerprint density at radius 2 is 1.67 bits per heavy atom. The summed E-state index contributed by atoms with van der Waals surface area (Å²) >= 11 is 1.31. The molecule has 4 aromatic rings. The molecule has 36 heavy (non-hydrogen) atoms. The van der Waals surface area contributed by atoms with Crippen LogP contribution in [0, 0.1) is 0 Å². The number of benzene rings is 3. The standard InChI is InChI=1S/C27H22N4O4S/c1-34-18-12-10-17(11-13-18)31-15-16(14-23(31)32)26-29-30-27(36-26)28-25(33)24-19-6-2-4-8-21(19)35-22-9-5-3-7-20(22)24/h2-13,16,24H,14-15H2,1H3,(H,28,30,33). The van der Waals surface area contributed by atoms with Gasteiger partial charge in [0, 0.05) is 35.7 Å². The first kappa shape index (κ1) is 22.2. The van der Waals surface area contributed by atoms with Crippen molar-refractivity contribution >= 4 is 34.0 Å². The molecule has 2 amide bonds. The highest BCUT2D eigenvalue weighted by atomic mass is 32.1. The number of fused-ring (bicyclic) bond motifs is 2. The van der Waals surface area contributed by atoms with Gasteiger partial charge in [-0.15, -0.1) is 10.2 Å². The van der Waals surface area contributed by atoms with Crippen molar-refractivity contribution in [3.05, 3.63) is 88.9 Å². The fourth-order valence-corrected chi connectivity index (χ4v) is 5.54. The van der Waals surface area contributed by atoms with Crippen molar-refractivity contribution in [1.29, 1.82) is 0 Å². The molecule has 6 rings (SSSR count). The molecule has 1 aromatic heterocycles. The molecule has 3 aromatic carbocycles. The molecule has 1 unspecified atom stereocenters. The van der Waals surface area contributed by atoms with Gasteiger partial charge < -0.3 is 14.4 Å². The van der Waals surface area contributed by atoms with Gasteiger partial charge in [-0.05, 0) is 36.4 Å². The third-order valence-corrected chi connectivity index (χ3v) is 7.47. The molecule has 0 radical (unpaired) electrons. The average molecular weight is 499 g/mol. The number of ether oxygens (including phenoxy) is 2. The Kier molecular flexibility index (Phi) is 5.61. The van der Waals surface area contributed by atoms with E-state index in [-0.39, 0.29) is 17.7 Å². The molecule has 180 valence electrons. The summed E-state index contributed by atoms with van der Waals surface area (Å²) in [6, 6.07) is 22.5. The van der Waals surface area contributed by atoms with Crippen LogP contribution in [0.2, 0.25) is 0 Å². The van der Waals surface area contributed by atoms with Crippen molar-refractivity contribution in [3.63, 3.8) is 0 Å². The Bertz CT molecular complexity index is 1410. The molecule has 0 bridgehead atoms. The normalized spacial score (nSPS) is 16.8. The average Bonchev–Trinajstić information content (AvgIpc) is 3.53. The van der Waals surface area contributed by atoms with Crippen LogP contribution in [-0.2, 0) is 9.59 Å². The van der Waals surface area contributed by atoms with E-state index in [2.05, 4.69) is 15.5 Å². The highest BCUT2D eigenvalue weighted by molar-refractivity contribution is 7.15. The molecular formula is C27H22N4O4S. The van der Waals surface area contributed by atoms with Crippen molar-refractivity contribution in [1.82, 2.24) is 10.2 Å². The van der Waals surface area contributed by atoms with E-state index in [1.807, 2.05) is 72.8 Å². The van der Waals surface area contributed by atoms with Gasteiger partial charge in [0.1, 0.15) is 22.3 Å². The second-order valence-electron chi connectivity index (χ2n) is 8.65. The van der Waals surface area contributed by atoms with Gasteiger partial charge in [-0.3, -0.25) is 14.9 Å². The first-order chi connectivity index (χ1) is 17.6. The molecule has 1 atom stereocenters. The van der Waals surface area contributed by atoms with E-state index in [1.165, 1.54) is 11.3 Å². The van der Waals surface area contributed by atoms with E-state index in [1.54, 1.807) is 12.0 Å². The lowest BCUT2D eigenvalue weighted by Crippen LogP contribution is -2.25. The number of aromatic nitrogens is 2. The van der Waals surface area contributed by atoms with Gasteiger partial charge in [0.25, 0.3) is 0 Å². The minimum absolute atomic E-state index is 0.0290. The van der Waals surface area contributed by atoms with Crippen molar-refractivity contribution < 1.29 is 19.1 Å². The lowest BCUT2D eigenvalue weighted by Gasteiger charge is -2.27. The van der Waals surface area contributed by atoms with Gasteiger partial charge in [-0.2, -0.15) is 0 Å². The molecule has 0 saturated carbocycles. The number of carbonyl (C=O) groups excluding carboxylic acids is 2. The third kappa shape index (κ3) is 3.97. The molecule has 3 heterocycles. The maximum atomic E-state index is 13.5. The van der Waals surface area contributed by atoms with Gasteiger partial charge in [0.2, 0.25) is 16.9 Å². The number of amides is 2. The van der Waals surface area contributed by atoms with Crippen LogP contribution in [-0.4, -0.2) is 35.7 Å². The van der Waals surface area contributed by atoms with Crippen LogP contribution in [0.15, 0.2) is 72.8 Å². The van der Waals surface area contributed by atoms with Gasteiger partial charge in [0.05, 0.1) is 13.0 Å². The maximum Gasteiger partial charge on any atom is 0.238 e. The SMILES string of the molecule is COc1ccc(N2CC(c3nnc(NC(=O)C4c5ccccc5Oc5ccccc54)s3)CC2=O)cc1.